The summed E-state index contributed by atoms with van der Waals surface area (Å²) < 4.78 is 11.1. The van der Waals surface area contributed by atoms with Crippen molar-refractivity contribution in [2.75, 3.05) is 13.2 Å². The lowest BCUT2D eigenvalue weighted by atomic mass is 10.0. The van der Waals surface area contributed by atoms with Gasteiger partial charge in [0, 0.05) is 23.6 Å². The van der Waals surface area contributed by atoms with Crippen LogP contribution in [0.3, 0.4) is 0 Å². The topological polar surface area (TPSA) is 42.2 Å². The van der Waals surface area contributed by atoms with E-state index in [1.54, 1.807) is 18.2 Å². The Kier molecular flexibility index (Phi) is 3.88. The number of halogens is 1. The third kappa shape index (κ3) is 2.91. The summed E-state index contributed by atoms with van der Waals surface area (Å²) >= 11 is 5.88. The summed E-state index contributed by atoms with van der Waals surface area (Å²) in [6.45, 7) is 3.40. The van der Waals surface area contributed by atoms with Crippen LogP contribution < -0.4 is 4.74 Å². The molecule has 4 heteroatoms. The fourth-order valence-corrected chi connectivity index (χ4v) is 2.06. The molecule has 2 rings (SSSR count). The maximum Gasteiger partial charge on any atom is 0.138 e. The van der Waals surface area contributed by atoms with Gasteiger partial charge in [-0.2, -0.15) is 5.26 Å². The van der Waals surface area contributed by atoms with Crippen LogP contribution >= 0.6 is 11.6 Å². The average Bonchev–Trinajstić information content (AvgIpc) is 2.72. The molecule has 0 amide bonds. The number of hydrogen-bond acceptors (Lipinski definition) is 3. The highest BCUT2D eigenvalue weighted by molar-refractivity contribution is 6.30. The number of benzene rings is 1. The summed E-state index contributed by atoms with van der Waals surface area (Å²) in [6.07, 6.45) is 1.23. The van der Waals surface area contributed by atoms with Crippen LogP contribution in [-0.4, -0.2) is 19.3 Å². The molecule has 3 nitrogen and oxygen atoms in total. The second-order valence-corrected chi connectivity index (χ2v) is 4.62. The van der Waals surface area contributed by atoms with Gasteiger partial charge in [0.25, 0.3) is 0 Å². The maximum atomic E-state index is 8.96. The smallest absolute Gasteiger partial charge is 0.138 e. The highest BCUT2D eigenvalue weighted by atomic mass is 35.5. The van der Waals surface area contributed by atoms with Crippen molar-refractivity contribution in [1.82, 2.24) is 0 Å². The van der Waals surface area contributed by atoms with Crippen LogP contribution in [0.2, 0.25) is 5.02 Å². The van der Waals surface area contributed by atoms with E-state index in [1.165, 1.54) is 0 Å². The minimum atomic E-state index is 0.222. The molecule has 1 saturated heterocycles. The molecule has 1 heterocycles. The van der Waals surface area contributed by atoms with Crippen molar-refractivity contribution in [2.24, 2.45) is 5.92 Å². The predicted octanol–water partition coefficient (Wildman–Crippen LogP) is 3.02. The molecule has 1 aliphatic heterocycles. The SMILES string of the molecule is CC1OCCC1COc1cc(Cl)ccc1C#N. The summed E-state index contributed by atoms with van der Waals surface area (Å²) in [6, 6.07) is 7.14. The monoisotopic (exact) mass is 251 g/mol. The molecule has 2 unspecified atom stereocenters. The van der Waals surface area contributed by atoms with Gasteiger partial charge in [0.1, 0.15) is 11.8 Å². The number of rotatable bonds is 3. The molecule has 1 fully saturated rings. The summed E-state index contributed by atoms with van der Waals surface area (Å²) in [5.41, 5.74) is 0.515. The minimum Gasteiger partial charge on any atom is -0.492 e. The van der Waals surface area contributed by atoms with Crippen LogP contribution in [0.15, 0.2) is 18.2 Å². The highest BCUT2D eigenvalue weighted by Gasteiger charge is 2.25. The first-order chi connectivity index (χ1) is 8.20. The van der Waals surface area contributed by atoms with Crippen LogP contribution in [0.25, 0.3) is 0 Å². The first-order valence-electron chi connectivity index (χ1n) is 5.64. The molecule has 0 N–H and O–H groups in total. The Hall–Kier alpha value is -1.24. The van der Waals surface area contributed by atoms with E-state index in [-0.39, 0.29) is 6.10 Å². The van der Waals surface area contributed by atoms with Crippen molar-refractivity contribution in [3.63, 3.8) is 0 Å². The van der Waals surface area contributed by atoms with E-state index in [0.29, 0.717) is 28.9 Å². The summed E-state index contributed by atoms with van der Waals surface area (Å²) in [5, 5.41) is 9.53. The van der Waals surface area contributed by atoms with Crippen molar-refractivity contribution in [3.8, 4) is 11.8 Å². The number of nitrogens with zero attached hydrogens (tertiary/aromatic N) is 1. The van der Waals surface area contributed by atoms with Gasteiger partial charge in [-0.3, -0.25) is 0 Å². The first kappa shape index (κ1) is 12.2. The molecule has 0 radical (unpaired) electrons. The molecular weight excluding hydrogens is 238 g/mol. The lowest BCUT2D eigenvalue weighted by molar-refractivity contribution is 0.0905. The molecule has 0 spiro atoms. The zero-order valence-corrected chi connectivity index (χ0v) is 10.4. The molecule has 0 saturated carbocycles. The fourth-order valence-electron chi connectivity index (χ4n) is 1.90. The fraction of sp³-hybridized carbons (Fsp3) is 0.462. The number of nitriles is 1. The van der Waals surface area contributed by atoms with E-state index >= 15 is 0 Å². The highest BCUT2D eigenvalue weighted by Crippen LogP contribution is 2.26. The number of hydrogen-bond donors (Lipinski definition) is 0. The summed E-state index contributed by atoms with van der Waals surface area (Å²) in [5.74, 6) is 0.944. The number of ether oxygens (including phenoxy) is 2. The van der Waals surface area contributed by atoms with E-state index in [4.69, 9.17) is 26.3 Å². The Morgan fingerprint density at radius 2 is 2.41 bits per heavy atom. The van der Waals surface area contributed by atoms with E-state index in [0.717, 1.165) is 13.0 Å². The lowest BCUT2D eigenvalue weighted by Gasteiger charge is -2.15. The zero-order chi connectivity index (χ0) is 12.3. The van der Waals surface area contributed by atoms with Gasteiger partial charge in [-0.1, -0.05) is 11.6 Å². The lowest BCUT2D eigenvalue weighted by Crippen LogP contribution is -2.19. The Morgan fingerprint density at radius 3 is 3.06 bits per heavy atom. The van der Waals surface area contributed by atoms with E-state index in [2.05, 4.69) is 6.07 Å². The van der Waals surface area contributed by atoms with Crippen molar-refractivity contribution in [3.05, 3.63) is 28.8 Å². The third-order valence-corrected chi connectivity index (χ3v) is 3.29. The second-order valence-electron chi connectivity index (χ2n) is 4.19. The molecule has 0 bridgehead atoms. The summed E-state index contributed by atoms with van der Waals surface area (Å²) in [7, 11) is 0. The molecule has 2 atom stereocenters. The van der Waals surface area contributed by atoms with Gasteiger partial charge in [-0.25, -0.2) is 0 Å². The van der Waals surface area contributed by atoms with Gasteiger partial charge in [0.05, 0.1) is 18.3 Å². The quantitative estimate of drug-likeness (QED) is 0.829. The Bertz CT molecular complexity index is 442. The van der Waals surface area contributed by atoms with Crippen LogP contribution in [0.4, 0.5) is 0 Å². The zero-order valence-electron chi connectivity index (χ0n) is 9.65. The van der Waals surface area contributed by atoms with Crippen molar-refractivity contribution >= 4 is 11.6 Å². The van der Waals surface area contributed by atoms with Gasteiger partial charge in [-0.05, 0) is 25.5 Å². The van der Waals surface area contributed by atoms with E-state index in [1.807, 2.05) is 6.92 Å². The van der Waals surface area contributed by atoms with Gasteiger partial charge in [0.2, 0.25) is 0 Å². The molecule has 0 aromatic heterocycles. The van der Waals surface area contributed by atoms with Crippen LogP contribution in [0.5, 0.6) is 5.75 Å². The van der Waals surface area contributed by atoms with Crippen molar-refractivity contribution in [1.29, 1.82) is 5.26 Å². The van der Waals surface area contributed by atoms with Crippen molar-refractivity contribution < 1.29 is 9.47 Å². The standard InChI is InChI=1S/C13H14ClNO2/c1-9-11(4-5-16-9)8-17-13-6-12(14)3-2-10(13)7-15/h2-3,6,9,11H,4-5,8H2,1H3. The molecule has 1 aliphatic rings. The molecule has 1 aromatic rings. The first-order valence-corrected chi connectivity index (χ1v) is 6.02. The van der Waals surface area contributed by atoms with E-state index in [9.17, 15) is 0 Å². The van der Waals surface area contributed by atoms with Gasteiger partial charge in [-0.15, -0.1) is 0 Å². The third-order valence-electron chi connectivity index (χ3n) is 3.05. The van der Waals surface area contributed by atoms with E-state index < -0.39 is 0 Å². The minimum absolute atomic E-state index is 0.222. The van der Waals surface area contributed by atoms with Crippen LogP contribution in [0.1, 0.15) is 18.9 Å². The Morgan fingerprint density at radius 1 is 1.59 bits per heavy atom. The normalized spacial score (nSPS) is 23.4. The van der Waals surface area contributed by atoms with Crippen molar-refractivity contribution in [2.45, 2.75) is 19.4 Å². The van der Waals surface area contributed by atoms with Gasteiger partial charge in [0.15, 0.2) is 0 Å². The largest absolute Gasteiger partial charge is 0.492 e. The van der Waals surface area contributed by atoms with Gasteiger partial charge < -0.3 is 9.47 Å². The molecule has 90 valence electrons. The van der Waals surface area contributed by atoms with Crippen LogP contribution in [0, 0.1) is 17.2 Å². The molecular formula is C13H14ClNO2. The molecule has 0 aliphatic carbocycles. The Balaban J connectivity index is 2.03. The Labute approximate surface area is 106 Å². The van der Waals surface area contributed by atoms with Gasteiger partial charge >= 0.3 is 0 Å². The molecule has 17 heavy (non-hydrogen) atoms. The predicted molar refractivity (Wildman–Crippen MR) is 65.2 cm³/mol. The average molecular weight is 252 g/mol. The maximum absolute atomic E-state index is 8.96. The second kappa shape index (κ2) is 5.39. The summed E-state index contributed by atoms with van der Waals surface area (Å²) in [4.78, 5) is 0. The van der Waals surface area contributed by atoms with Crippen LogP contribution in [-0.2, 0) is 4.74 Å². The molecule has 1 aromatic carbocycles.